The third-order valence-corrected chi connectivity index (χ3v) is 4.84. The number of benzene rings is 1. The van der Waals surface area contributed by atoms with E-state index in [9.17, 15) is 14.4 Å². The minimum absolute atomic E-state index is 0.0935. The van der Waals surface area contributed by atoms with Gasteiger partial charge in [0.1, 0.15) is 5.69 Å². The average Bonchev–Trinajstić information content (AvgIpc) is 2.94. The summed E-state index contributed by atoms with van der Waals surface area (Å²) in [7, 11) is 0. The number of aromatic nitrogens is 1. The Balaban J connectivity index is 1.73. The number of ketones is 1. The summed E-state index contributed by atoms with van der Waals surface area (Å²) in [6.45, 7) is 3.46. The first-order chi connectivity index (χ1) is 12.4. The zero-order chi connectivity index (χ0) is 18.8. The average molecular weight is 354 g/mol. The van der Waals surface area contributed by atoms with Crippen LogP contribution in [-0.4, -0.2) is 27.8 Å². The predicted octanol–water partition coefficient (Wildman–Crippen LogP) is 3.36. The lowest BCUT2D eigenvalue weighted by Gasteiger charge is -2.09. The predicted molar refractivity (Wildman–Crippen MR) is 97.7 cm³/mol. The van der Waals surface area contributed by atoms with Gasteiger partial charge in [-0.3, -0.25) is 14.4 Å². The molecule has 1 heterocycles. The Labute approximate surface area is 151 Å². The van der Waals surface area contributed by atoms with E-state index in [1.807, 2.05) is 12.1 Å². The molecule has 0 saturated carbocycles. The van der Waals surface area contributed by atoms with E-state index in [0.29, 0.717) is 35.3 Å². The van der Waals surface area contributed by atoms with Crippen molar-refractivity contribution in [1.29, 1.82) is 0 Å². The quantitative estimate of drug-likeness (QED) is 0.766. The molecule has 0 saturated heterocycles. The molecule has 1 amide bonds. The Hall–Kier alpha value is -2.89. The van der Waals surface area contributed by atoms with E-state index in [1.54, 1.807) is 26.0 Å². The molecule has 3 N–H and O–H groups in total. The number of fused-ring (bicyclic) bond motifs is 1. The zero-order valence-corrected chi connectivity index (χ0v) is 14.9. The van der Waals surface area contributed by atoms with Crippen molar-refractivity contribution in [3.63, 3.8) is 0 Å². The van der Waals surface area contributed by atoms with Crippen LogP contribution in [0.15, 0.2) is 24.3 Å². The highest BCUT2D eigenvalue weighted by molar-refractivity contribution is 6.08. The first-order valence-electron chi connectivity index (χ1n) is 8.74. The molecule has 1 atom stereocenters. The number of carbonyl (C=O) groups is 3. The second-order valence-electron chi connectivity index (χ2n) is 6.85. The van der Waals surface area contributed by atoms with Gasteiger partial charge < -0.3 is 15.4 Å². The molecular weight excluding hydrogens is 332 g/mol. The van der Waals surface area contributed by atoms with Crippen LogP contribution in [0.1, 0.15) is 57.4 Å². The van der Waals surface area contributed by atoms with Gasteiger partial charge in [0.25, 0.3) is 5.91 Å². The van der Waals surface area contributed by atoms with Crippen LogP contribution >= 0.6 is 0 Å². The molecule has 1 aliphatic carbocycles. The molecule has 0 bridgehead atoms. The summed E-state index contributed by atoms with van der Waals surface area (Å²) in [5.74, 6) is -1.48. The van der Waals surface area contributed by atoms with E-state index in [-0.39, 0.29) is 11.7 Å². The number of anilines is 1. The van der Waals surface area contributed by atoms with Crippen LogP contribution in [0.5, 0.6) is 0 Å². The zero-order valence-electron chi connectivity index (χ0n) is 14.9. The highest BCUT2D eigenvalue weighted by Crippen LogP contribution is 2.27. The number of aromatic amines is 1. The number of Topliss-reactive ketones (excluding diaryl/α,β-unsaturated/α-hetero) is 1. The van der Waals surface area contributed by atoms with Gasteiger partial charge >= 0.3 is 5.97 Å². The molecule has 1 aromatic carbocycles. The summed E-state index contributed by atoms with van der Waals surface area (Å²) in [6.07, 6.45) is 2.56. The fourth-order valence-electron chi connectivity index (χ4n) is 3.36. The number of carboxylic acids is 1. The standard InChI is InChI=1S/C20H22N2O4/c1-11(20(25)26)10-13-6-8-14(9-7-13)21-19(24)18-12(2)17-15(22-18)4-3-5-16(17)23/h6-9,11,22H,3-5,10H2,1-2H3,(H,21,24)(H,25,26). The Bertz CT molecular complexity index is 865. The van der Waals surface area contributed by atoms with Crippen molar-refractivity contribution in [2.24, 2.45) is 5.92 Å². The van der Waals surface area contributed by atoms with E-state index in [4.69, 9.17) is 5.11 Å². The summed E-state index contributed by atoms with van der Waals surface area (Å²) in [4.78, 5) is 38.7. The van der Waals surface area contributed by atoms with Gasteiger partial charge in [0.05, 0.1) is 5.92 Å². The van der Waals surface area contributed by atoms with Crippen molar-refractivity contribution in [2.45, 2.75) is 39.5 Å². The number of carboxylic acid groups (broad SMARTS) is 1. The smallest absolute Gasteiger partial charge is 0.306 e. The van der Waals surface area contributed by atoms with Gasteiger partial charge in [-0.05, 0) is 49.4 Å². The third-order valence-electron chi connectivity index (χ3n) is 4.84. The number of carbonyl (C=O) groups excluding carboxylic acids is 2. The number of hydrogen-bond acceptors (Lipinski definition) is 3. The Morgan fingerprint density at radius 3 is 2.54 bits per heavy atom. The fourth-order valence-corrected chi connectivity index (χ4v) is 3.36. The SMILES string of the molecule is Cc1c(C(=O)Nc2ccc(CC(C)C(=O)O)cc2)[nH]c2c1C(=O)CCC2. The number of aliphatic carboxylic acids is 1. The van der Waals surface area contributed by atoms with Crippen LogP contribution in [0.4, 0.5) is 5.69 Å². The maximum atomic E-state index is 12.6. The minimum Gasteiger partial charge on any atom is -0.481 e. The van der Waals surface area contributed by atoms with Crippen LogP contribution in [0, 0.1) is 12.8 Å². The van der Waals surface area contributed by atoms with Crippen LogP contribution in [-0.2, 0) is 17.6 Å². The van der Waals surface area contributed by atoms with Crippen LogP contribution < -0.4 is 5.32 Å². The Morgan fingerprint density at radius 2 is 1.92 bits per heavy atom. The molecule has 0 spiro atoms. The fraction of sp³-hybridized carbons (Fsp3) is 0.350. The van der Waals surface area contributed by atoms with E-state index < -0.39 is 11.9 Å². The molecule has 6 heteroatoms. The van der Waals surface area contributed by atoms with Gasteiger partial charge in [0.15, 0.2) is 5.78 Å². The van der Waals surface area contributed by atoms with Crippen molar-refractivity contribution in [3.05, 3.63) is 52.3 Å². The molecule has 0 radical (unpaired) electrons. The molecular formula is C20H22N2O4. The first-order valence-corrected chi connectivity index (χ1v) is 8.74. The third kappa shape index (κ3) is 3.54. The van der Waals surface area contributed by atoms with E-state index in [0.717, 1.165) is 24.1 Å². The molecule has 6 nitrogen and oxygen atoms in total. The summed E-state index contributed by atoms with van der Waals surface area (Å²) >= 11 is 0. The minimum atomic E-state index is -0.830. The molecule has 0 aliphatic heterocycles. The second kappa shape index (κ2) is 7.15. The number of H-pyrrole nitrogens is 1. The Kier molecular flexibility index (Phi) is 4.93. The Morgan fingerprint density at radius 1 is 1.23 bits per heavy atom. The summed E-state index contributed by atoms with van der Waals surface area (Å²) in [6, 6.07) is 7.13. The number of nitrogens with one attached hydrogen (secondary N) is 2. The largest absolute Gasteiger partial charge is 0.481 e. The maximum absolute atomic E-state index is 12.6. The summed E-state index contributed by atoms with van der Waals surface area (Å²) < 4.78 is 0. The second-order valence-corrected chi connectivity index (χ2v) is 6.85. The molecule has 1 aromatic heterocycles. The topological polar surface area (TPSA) is 99.3 Å². The van der Waals surface area contributed by atoms with Crippen molar-refractivity contribution in [3.8, 4) is 0 Å². The molecule has 136 valence electrons. The number of amides is 1. The summed E-state index contributed by atoms with van der Waals surface area (Å²) in [5.41, 5.74) is 4.17. The van der Waals surface area contributed by atoms with Crippen LogP contribution in [0.25, 0.3) is 0 Å². The number of aryl methyl sites for hydroxylation is 1. The van der Waals surface area contributed by atoms with Crippen LogP contribution in [0.2, 0.25) is 0 Å². The van der Waals surface area contributed by atoms with Crippen molar-refractivity contribution in [2.75, 3.05) is 5.32 Å². The molecule has 3 rings (SSSR count). The van der Waals surface area contributed by atoms with Gasteiger partial charge in [0.2, 0.25) is 0 Å². The van der Waals surface area contributed by atoms with Crippen molar-refractivity contribution in [1.82, 2.24) is 4.98 Å². The molecule has 0 fully saturated rings. The number of rotatable bonds is 5. The van der Waals surface area contributed by atoms with Gasteiger partial charge in [-0.25, -0.2) is 0 Å². The van der Waals surface area contributed by atoms with E-state index in [2.05, 4.69) is 10.3 Å². The normalized spacial score (nSPS) is 14.6. The van der Waals surface area contributed by atoms with Crippen molar-refractivity contribution >= 4 is 23.3 Å². The van der Waals surface area contributed by atoms with Gasteiger partial charge in [-0.1, -0.05) is 19.1 Å². The first kappa shape index (κ1) is 17.9. The van der Waals surface area contributed by atoms with E-state index >= 15 is 0 Å². The highest BCUT2D eigenvalue weighted by Gasteiger charge is 2.26. The molecule has 26 heavy (non-hydrogen) atoms. The molecule has 2 aromatic rings. The van der Waals surface area contributed by atoms with Crippen molar-refractivity contribution < 1.29 is 19.5 Å². The van der Waals surface area contributed by atoms with Gasteiger partial charge in [-0.15, -0.1) is 0 Å². The molecule has 1 aliphatic rings. The lowest BCUT2D eigenvalue weighted by molar-refractivity contribution is -0.141. The lowest BCUT2D eigenvalue weighted by Crippen LogP contribution is -2.14. The number of hydrogen-bond donors (Lipinski definition) is 3. The summed E-state index contributed by atoms with van der Waals surface area (Å²) in [5, 5.41) is 11.8. The molecule has 1 unspecified atom stereocenters. The van der Waals surface area contributed by atoms with Crippen LogP contribution in [0.3, 0.4) is 0 Å². The van der Waals surface area contributed by atoms with E-state index in [1.165, 1.54) is 0 Å². The lowest BCUT2D eigenvalue weighted by atomic mass is 9.94. The van der Waals surface area contributed by atoms with Gasteiger partial charge in [0, 0.05) is 23.4 Å². The van der Waals surface area contributed by atoms with Gasteiger partial charge in [-0.2, -0.15) is 0 Å². The highest BCUT2D eigenvalue weighted by atomic mass is 16.4. The maximum Gasteiger partial charge on any atom is 0.306 e. The monoisotopic (exact) mass is 354 g/mol.